The summed E-state index contributed by atoms with van der Waals surface area (Å²) in [5.41, 5.74) is 5.94. The fraction of sp³-hybridized carbons (Fsp3) is 0.294. The van der Waals surface area contributed by atoms with Crippen molar-refractivity contribution in [1.82, 2.24) is 0 Å². The van der Waals surface area contributed by atoms with Gasteiger partial charge in [-0.15, -0.1) is 0 Å². The van der Waals surface area contributed by atoms with Gasteiger partial charge in [0.25, 0.3) is 0 Å². The first-order valence-corrected chi connectivity index (χ1v) is 7.51. The third-order valence-corrected chi connectivity index (χ3v) is 4.90. The van der Waals surface area contributed by atoms with Gasteiger partial charge in [-0.25, -0.2) is 0 Å². The molecule has 3 rings (SSSR count). The van der Waals surface area contributed by atoms with Crippen LogP contribution in [0.2, 0.25) is 0 Å². The highest BCUT2D eigenvalue weighted by Gasteiger charge is 2.17. The van der Waals surface area contributed by atoms with Crippen LogP contribution >= 0.6 is 15.9 Å². The predicted octanol–water partition coefficient (Wildman–Crippen LogP) is 4.33. The molecule has 0 saturated carbocycles. The molecule has 1 aliphatic rings. The zero-order valence-electron chi connectivity index (χ0n) is 11.0. The SMILES string of the molecule is Cc1c(Br)cccc1C(O)c1ccc2c(c1)CCC2. The Morgan fingerprint density at radius 1 is 1.11 bits per heavy atom. The van der Waals surface area contributed by atoms with Gasteiger partial charge in [0, 0.05) is 4.47 Å². The van der Waals surface area contributed by atoms with Crippen molar-refractivity contribution in [1.29, 1.82) is 0 Å². The molecule has 0 aromatic heterocycles. The number of halogens is 1. The summed E-state index contributed by atoms with van der Waals surface area (Å²) < 4.78 is 1.05. The lowest BCUT2D eigenvalue weighted by atomic mass is 9.95. The van der Waals surface area contributed by atoms with Crippen molar-refractivity contribution in [2.75, 3.05) is 0 Å². The molecule has 1 atom stereocenters. The zero-order chi connectivity index (χ0) is 13.4. The molecule has 2 aromatic carbocycles. The largest absolute Gasteiger partial charge is 0.384 e. The summed E-state index contributed by atoms with van der Waals surface area (Å²) in [6.45, 7) is 2.04. The Hall–Kier alpha value is -1.12. The van der Waals surface area contributed by atoms with Crippen LogP contribution in [0, 0.1) is 6.92 Å². The number of aliphatic hydroxyl groups is 1. The minimum absolute atomic E-state index is 0.539. The number of rotatable bonds is 2. The molecule has 0 bridgehead atoms. The molecule has 0 radical (unpaired) electrons. The lowest BCUT2D eigenvalue weighted by Gasteiger charge is -2.16. The quantitative estimate of drug-likeness (QED) is 0.874. The molecule has 0 saturated heterocycles. The third kappa shape index (κ3) is 2.35. The second-order valence-electron chi connectivity index (χ2n) is 5.24. The van der Waals surface area contributed by atoms with Crippen LogP contribution in [0.15, 0.2) is 40.9 Å². The minimum atomic E-state index is -0.539. The van der Waals surface area contributed by atoms with Crippen LogP contribution in [0.25, 0.3) is 0 Å². The Bertz CT molecular complexity index is 619. The number of aliphatic hydroxyl groups excluding tert-OH is 1. The predicted molar refractivity (Wildman–Crippen MR) is 81.4 cm³/mol. The van der Waals surface area contributed by atoms with E-state index in [1.165, 1.54) is 24.0 Å². The van der Waals surface area contributed by atoms with Crippen LogP contribution in [0.4, 0.5) is 0 Å². The average molecular weight is 317 g/mol. The van der Waals surface area contributed by atoms with Crippen LogP contribution in [0.1, 0.15) is 40.3 Å². The maximum atomic E-state index is 10.6. The number of hydrogen-bond donors (Lipinski definition) is 1. The number of benzene rings is 2. The van der Waals surface area contributed by atoms with E-state index in [2.05, 4.69) is 34.1 Å². The fourth-order valence-corrected chi connectivity index (χ4v) is 3.24. The molecule has 0 aliphatic heterocycles. The highest BCUT2D eigenvalue weighted by atomic mass is 79.9. The normalized spacial score (nSPS) is 15.3. The summed E-state index contributed by atoms with van der Waals surface area (Å²) in [6, 6.07) is 12.4. The van der Waals surface area contributed by atoms with Gasteiger partial charge in [-0.3, -0.25) is 0 Å². The molecule has 2 aromatic rings. The standard InChI is InChI=1S/C17H17BrO/c1-11-15(6-3-7-16(11)18)17(19)14-9-8-12-4-2-5-13(12)10-14/h3,6-10,17,19H,2,4-5H2,1H3. The van der Waals surface area contributed by atoms with Crippen molar-refractivity contribution in [3.8, 4) is 0 Å². The molecule has 1 N–H and O–H groups in total. The fourth-order valence-electron chi connectivity index (χ4n) is 2.86. The Kier molecular flexibility index (Phi) is 3.46. The number of aryl methyl sites for hydroxylation is 2. The summed E-state index contributed by atoms with van der Waals surface area (Å²) in [5.74, 6) is 0. The van der Waals surface area contributed by atoms with E-state index in [1.807, 2.05) is 25.1 Å². The summed E-state index contributed by atoms with van der Waals surface area (Å²) in [6.07, 6.45) is 3.03. The molecular weight excluding hydrogens is 300 g/mol. The van der Waals surface area contributed by atoms with Gasteiger partial charge in [0.1, 0.15) is 6.10 Å². The topological polar surface area (TPSA) is 20.2 Å². The van der Waals surface area contributed by atoms with Gasteiger partial charge in [0.2, 0.25) is 0 Å². The van der Waals surface area contributed by atoms with Gasteiger partial charge < -0.3 is 5.11 Å². The molecule has 0 heterocycles. The Morgan fingerprint density at radius 2 is 1.89 bits per heavy atom. The van der Waals surface area contributed by atoms with E-state index < -0.39 is 6.10 Å². The molecule has 1 aliphatic carbocycles. The summed E-state index contributed by atoms with van der Waals surface area (Å²) in [4.78, 5) is 0. The first kappa shape index (κ1) is 12.9. The monoisotopic (exact) mass is 316 g/mol. The van der Waals surface area contributed by atoms with Crippen molar-refractivity contribution in [3.63, 3.8) is 0 Å². The van der Waals surface area contributed by atoms with Crippen LogP contribution in [0.5, 0.6) is 0 Å². The first-order valence-electron chi connectivity index (χ1n) is 6.71. The molecule has 0 fully saturated rings. The van der Waals surface area contributed by atoms with Crippen molar-refractivity contribution < 1.29 is 5.11 Å². The van der Waals surface area contributed by atoms with Gasteiger partial charge in [-0.05, 0) is 60.1 Å². The summed E-state index contributed by atoms with van der Waals surface area (Å²) in [5, 5.41) is 10.6. The van der Waals surface area contributed by atoms with Crippen molar-refractivity contribution in [2.45, 2.75) is 32.3 Å². The van der Waals surface area contributed by atoms with Crippen molar-refractivity contribution in [2.24, 2.45) is 0 Å². The lowest BCUT2D eigenvalue weighted by molar-refractivity contribution is 0.219. The molecule has 19 heavy (non-hydrogen) atoms. The zero-order valence-corrected chi connectivity index (χ0v) is 12.6. The second kappa shape index (κ2) is 5.10. The highest BCUT2D eigenvalue weighted by Crippen LogP contribution is 2.31. The lowest BCUT2D eigenvalue weighted by Crippen LogP contribution is -2.03. The second-order valence-corrected chi connectivity index (χ2v) is 6.09. The third-order valence-electron chi connectivity index (χ3n) is 4.04. The van der Waals surface area contributed by atoms with E-state index >= 15 is 0 Å². The highest BCUT2D eigenvalue weighted by molar-refractivity contribution is 9.10. The molecule has 1 nitrogen and oxygen atoms in total. The maximum Gasteiger partial charge on any atom is 0.104 e. The van der Waals surface area contributed by atoms with Gasteiger partial charge in [-0.1, -0.05) is 46.3 Å². The molecule has 98 valence electrons. The van der Waals surface area contributed by atoms with Crippen LogP contribution in [-0.4, -0.2) is 5.11 Å². The Labute approximate surface area is 122 Å². The average Bonchev–Trinajstić information content (AvgIpc) is 2.88. The van der Waals surface area contributed by atoms with Gasteiger partial charge in [0.15, 0.2) is 0 Å². The van der Waals surface area contributed by atoms with E-state index in [0.29, 0.717) is 0 Å². The van der Waals surface area contributed by atoms with Crippen molar-refractivity contribution in [3.05, 3.63) is 68.7 Å². The van der Waals surface area contributed by atoms with Crippen LogP contribution in [-0.2, 0) is 12.8 Å². The molecule has 1 unspecified atom stereocenters. The Balaban J connectivity index is 2.00. The van der Waals surface area contributed by atoms with Crippen LogP contribution < -0.4 is 0 Å². The molecule has 0 spiro atoms. The van der Waals surface area contributed by atoms with Crippen LogP contribution in [0.3, 0.4) is 0 Å². The maximum absolute atomic E-state index is 10.6. The molecular formula is C17H17BrO. The van der Waals surface area contributed by atoms with E-state index in [1.54, 1.807) is 0 Å². The smallest absolute Gasteiger partial charge is 0.104 e. The number of fused-ring (bicyclic) bond motifs is 1. The first-order chi connectivity index (χ1) is 9.16. The van der Waals surface area contributed by atoms with E-state index in [9.17, 15) is 5.11 Å². The summed E-state index contributed by atoms with van der Waals surface area (Å²) in [7, 11) is 0. The molecule has 0 amide bonds. The minimum Gasteiger partial charge on any atom is -0.384 e. The molecule has 2 heteroatoms. The Morgan fingerprint density at radius 3 is 2.74 bits per heavy atom. The summed E-state index contributed by atoms with van der Waals surface area (Å²) >= 11 is 3.53. The van der Waals surface area contributed by atoms with Gasteiger partial charge in [-0.2, -0.15) is 0 Å². The number of hydrogen-bond acceptors (Lipinski definition) is 1. The van der Waals surface area contributed by atoms with E-state index in [4.69, 9.17) is 0 Å². The van der Waals surface area contributed by atoms with Crippen molar-refractivity contribution >= 4 is 15.9 Å². The van der Waals surface area contributed by atoms with E-state index in [0.717, 1.165) is 27.6 Å². The van der Waals surface area contributed by atoms with Gasteiger partial charge in [0.05, 0.1) is 0 Å². The van der Waals surface area contributed by atoms with E-state index in [-0.39, 0.29) is 0 Å². The van der Waals surface area contributed by atoms with Gasteiger partial charge >= 0.3 is 0 Å².